The molecular formula is C30H29NO3. The number of fused-ring (bicyclic) bond motifs is 2. The van der Waals surface area contributed by atoms with Crippen molar-refractivity contribution in [3.8, 4) is 28.7 Å². The molecule has 0 saturated carbocycles. The van der Waals surface area contributed by atoms with Crippen LogP contribution >= 0.6 is 0 Å². The van der Waals surface area contributed by atoms with E-state index in [-0.39, 0.29) is 17.6 Å². The number of hydrogen-bond donors (Lipinski definition) is 1. The minimum Gasteiger partial charge on any atom is -0.507 e. The summed E-state index contributed by atoms with van der Waals surface area (Å²) in [6, 6.07) is 25.3. The van der Waals surface area contributed by atoms with Crippen LogP contribution in [-0.4, -0.2) is 11.1 Å². The minimum atomic E-state index is -0.661. The molecule has 0 heterocycles. The number of phenols is 1. The standard InChI is InChI=1S/C30H29NO3/c1-29(2,3)30(4,19-31)18-17-26(33)34-25-16-14-21-10-6-8-12-23(21)28(25)27-22-11-7-5-9-20(22)13-15-24(27)32/h5-16,32H,17-18H2,1-4H3. The van der Waals surface area contributed by atoms with Crippen LogP contribution in [0.25, 0.3) is 32.7 Å². The fourth-order valence-corrected chi connectivity index (χ4v) is 4.24. The van der Waals surface area contributed by atoms with Crippen molar-refractivity contribution in [3.63, 3.8) is 0 Å². The summed E-state index contributed by atoms with van der Waals surface area (Å²) >= 11 is 0. The number of aromatic hydroxyl groups is 1. The lowest BCUT2D eigenvalue weighted by Gasteiger charge is -2.35. The maximum atomic E-state index is 13.0. The molecule has 0 fully saturated rings. The molecule has 0 saturated heterocycles. The SMILES string of the molecule is CC(C)(C)C(C)(C#N)CCC(=O)Oc1ccc2ccccc2c1-c1c(O)ccc2ccccc12. The smallest absolute Gasteiger partial charge is 0.311 e. The largest absolute Gasteiger partial charge is 0.507 e. The van der Waals surface area contributed by atoms with E-state index in [0.717, 1.165) is 21.5 Å². The van der Waals surface area contributed by atoms with E-state index in [1.54, 1.807) is 12.1 Å². The molecule has 0 aliphatic rings. The molecule has 172 valence electrons. The van der Waals surface area contributed by atoms with Gasteiger partial charge in [-0.05, 0) is 52.4 Å². The molecule has 34 heavy (non-hydrogen) atoms. The van der Waals surface area contributed by atoms with Gasteiger partial charge in [-0.25, -0.2) is 0 Å². The number of nitriles is 1. The van der Waals surface area contributed by atoms with Crippen molar-refractivity contribution in [3.05, 3.63) is 72.8 Å². The zero-order valence-corrected chi connectivity index (χ0v) is 20.1. The van der Waals surface area contributed by atoms with Crippen molar-refractivity contribution in [2.45, 2.75) is 40.5 Å². The number of esters is 1. The first-order chi connectivity index (χ1) is 16.1. The first-order valence-corrected chi connectivity index (χ1v) is 11.5. The molecule has 0 amide bonds. The van der Waals surface area contributed by atoms with Crippen LogP contribution < -0.4 is 4.74 Å². The third kappa shape index (κ3) is 4.22. The molecule has 0 aromatic heterocycles. The highest BCUT2D eigenvalue weighted by Crippen LogP contribution is 2.45. The van der Waals surface area contributed by atoms with Crippen molar-refractivity contribution in [2.75, 3.05) is 0 Å². The van der Waals surface area contributed by atoms with E-state index < -0.39 is 11.4 Å². The second-order valence-corrected chi connectivity index (χ2v) is 10.0. The highest BCUT2D eigenvalue weighted by Gasteiger charge is 2.38. The summed E-state index contributed by atoms with van der Waals surface area (Å²) in [5, 5.41) is 24.4. The molecule has 0 radical (unpaired) electrons. The number of phenolic OH excluding ortho intramolecular Hbond substituents is 1. The molecule has 0 spiro atoms. The number of nitrogens with zero attached hydrogens (tertiary/aromatic N) is 1. The lowest BCUT2D eigenvalue weighted by atomic mass is 9.66. The molecule has 0 aliphatic heterocycles. The predicted molar refractivity (Wildman–Crippen MR) is 137 cm³/mol. The third-order valence-corrected chi connectivity index (χ3v) is 7.00. The van der Waals surface area contributed by atoms with Gasteiger partial charge in [0.05, 0.1) is 11.5 Å². The van der Waals surface area contributed by atoms with Gasteiger partial charge in [-0.3, -0.25) is 4.79 Å². The Bertz CT molecular complexity index is 1420. The quantitative estimate of drug-likeness (QED) is 0.250. The predicted octanol–water partition coefficient (Wildman–Crippen LogP) is 7.63. The number of benzene rings is 4. The highest BCUT2D eigenvalue weighted by atomic mass is 16.5. The van der Waals surface area contributed by atoms with E-state index in [4.69, 9.17) is 4.74 Å². The Hall–Kier alpha value is -3.84. The van der Waals surface area contributed by atoms with Crippen LogP contribution in [0.1, 0.15) is 40.5 Å². The Balaban J connectivity index is 1.80. The average Bonchev–Trinajstić information content (AvgIpc) is 2.82. The van der Waals surface area contributed by atoms with E-state index in [9.17, 15) is 15.2 Å². The van der Waals surface area contributed by atoms with Gasteiger partial charge in [0, 0.05) is 17.5 Å². The second kappa shape index (κ2) is 8.83. The monoisotopic (exact) mass is 451 g/mol. The molecule has 0 aliphatic carbocycles. The van der Waals surface area contributed by atoms with Crippen molar-refractivity contribution >= 4 is 27.5 Å². The third-order valence-electron chi connectivity index (χ3n) is 7.00. The first-order valence-electron chi connectivity index (χ1n) is 11.5. The summed E-state index contributed by atoms with van der Waals surface area (Å²) in [6.07, 6.45) is 0.517. The van der Waals surface area contributed by atoms with Crippen LogP contribution in [0.15, 0.2) is 72.8 Å². The van der Waals surface area contributed by atoms with Crippen molar-refractivity contribution in [1.82, 2.24) is 0 Å². The van der Waals surface area contributed by atoms with Gasteiger partial charge in [0.25, 0.3) is 0 Å². The van der Waals surface area contributed by atoms with E-state index in [0.29, 0.717) is 23.3 Å². The molecule has 4 rings (SSSR count). The van der Waals surface area contributed by atoms with E-state index >= 15 is 0 Å². The minimum absolute atomic E-state index is 0.120. The van der Waals surface area contributed by atoms with Gasteiger partial charge < -0.3 is 9.84 Å². The molecule has 4 heteroatoms. The van der Waals surface area contributed by atoms with E-state index in [1.165, 1.54) is 0 Å². The van der Waals surface area contributed by atoms with Gasteiger partial charge in [0.15, 0.2) is 0 Å². The summed E-state index contributed by atoms with van der Waals surface area (Å²) in [4.78, 5) is 13.0. The van der Waals surface area contributed by atoms with Gasteiger partial charge in [-0.2, -0.15) is 5.26 Å². The summed E-state index contributed by atoms with van der Waals surface area (Å²) < 4.78 is 5.91. The maximum absolute atomic E-state index is 13.0. The Morgan fingerprint density at radius 3 is 2.00 bits per heavy atom. The zero-order valence-electron chi connectivity index (χ0n) is 20.1. The van der Waals surface area contributed by atoms with E-state index in [2.05, 4.69) is 6.07 Å². The topological polar surface area (TPSA) is 70.3 Å². The Morgan fingerprint density at radius 1 is 0.853 bits per heavy atom. The summed E-state index contributed by atoms with van der Waals surface area (Å²) in [6.45, 7) is 7.90. The van der Waals surface area contributed by atoms with Gasteiger partial charge in [-0.1, -0.05) is 81.4 Å². The molecule has 1 unspecified atom stereocenters. The average molecular weight is 452 g/mol. The number of ether oxygens (including phenoxy) is 1. The Labute approximate surface area is 200 Å². The van der Waals surface area contributed by atoms with Crippen LogP contribution in [-0.2, 0) is 4.79 Å². The fourth-order valence-electron chi connectivity index (χ4n) is 4.24. The number of hydrogen-bond acceptors (Lipinski definition) is 4. The van der Waals surface area contributed by atoms with Crippen LogP contribution in [0.5, 0.6) is 11.5 Å². The lowest BCUT2D eigenvalue weighted by Crippen LogP contribution is -2.32. The number of carbonyl (C=O) groups excluding carboxylic acids is 1. The normalized spacial score (nSPS) is 13.4. The van der Waals surface area contributed by atoms with Crippen LogP contribution in [0, 0.1) is 22.2 Å². The van der Waals surface area contributed by atoms with Crippen LogP contribution in [0.3, 0.4) is 0 Å². The van der Waals surface area contributed by atoms with Crippen molar-refractivity contribution in [2.24, 2.45) is 10.8 Å². The summed E-state index contributed by atoms with van der Waals surface area (Å²) in [5.74, 6) is 0.115. The Morgan fingerprint density at radius 2 is 1.41 bits per heavy atom. The molecule has 4 nitrogen and oxygen atoms in total. The number of carbonyl (C=O) groups is 1. The molecule has 4 aromatic carbocycles. The molecule has 4 aromatic rings. The summed E-state index contributed by atoms with van der Waals surface area (Å²) in [7, 11) is 0. The zero-order chi connectivity index (χ0) is 24.5. The highest BCUT2D eigenvalue weighted by molar-refractivity contribution is 6.10. The molecular weight excluding hydrogens is 422 g/mol. The molecule has 1 N–H and O–H groups in total. The van der Waals surface area contributed by atoms with Crippen LogP contribution in [0.2, 0.25) is 0 Å². The molecule has 1 atom stereocenters. The lowest BCUT2D eigenvalue weighted by molar-refractivity contribution is -0.135. The fraction of sp³-hybridized carbons (Fsp3) is 0.267. The van der Waals surface area contributed by atoms with Gasteiger partial charge in [0.2, 0.25) is 0 Å². The summed E-state index contributed by atoms with van der Waals surface area (Å²) in [5.41, 5.74) is 0.380. The van der Waals surface area contributed by atoms with Crippen molar-refractivity contribution < 1.29 is 14.6 Å². The first kappa shape index (κ1) is 23.3. The van der Waals surface area contributed by atoms with Gasteiger partial charge in [0.1, 0.15) is 11.5 Å². The van der Waals surface area contributed by atoms with Crippen LogP contribution in [0.4, 0.5) is 0 Å². The van der Waals surface area contributed by atoms with E-state index in [1.807, 2.05) is 88.4 Å². The Kier molecular flexibility index (Phi) is 6.06. The second-order valence-electron chi connectivity index (χ2n) is 10.0. The van der Waals surface area contributed by atoms with Gasteiger partial charge >= 0.3 is 5.97 Å². The van der Waals surface area contributed by atoms with Crippen molar-refractivity contribution in [1.29, 1.82) is 5.26 Å². The molecule has 0 bridgehead atoms. The number of rotatable bonds is 5. The maximum Gasteiger partial charge on any atom is 0.311 e. The van der Waals surface area contributed by atoms with Gasteiger partial charge in [-0.15, -0.1) is 0 Å².